The average molecular weight is 254 g/mol. The smallest absolute Gasteiger partial charge is 0.319 e. The zero-order chi connectivity index (χ0) is 13.4. The predicted molar refractivity (Wildman–Crippen MR) is 76.8 cm³/mol. The lowest BCUT2D eigenvalue weighted by atomic mass is 9.99. The third kappa shape index (κ3) is 4.87. The van der Waals surface area contributed by atoms with Gasteiger partial charge in [0.1, 0.15) is 0 Å². The van der Waals surface area contributed by atoms with Crippen molar-refractivity contribution in [1.82, 2.24) is 9.80 Å². The van der Waals surface area contributed by atoms with Crippen molar-refractivity contribution in [3.63, 3.8) is 0 Å². The Morgan fingerprint density at radius 1 is 1.11 bits per heavy atom. The molecule has 0 radical (unpaired) electrons. The molecule has 2 amide bonds. The largest absolute Gasteiger partial charge is 0.325 e. The van der Waals surface area contributed by atoms with Crippen molar-refractivity contribution < 1.29 is 4.79 Å². The van der Waals surface area contributed by atoms with Gasteiger partial charge in [-0.05, 0) is 31.6 Å². The van der Waals surface area contributed by atoms with E-state index in [1.54, 1.807) is 0 Å². The molecule has 0 atom stereocenters. The van der Waals surface area contributed by atoms with E-state index in [1.165, 1.54) is 12.8 Å². The first-order valence-corrected chi connectivity index (χ1v) is 7.72. The number of hydrogen-bond donors (Lipinski definition) is 0. The maximum atomic E-state index is 12.5. The van der Waals surface area contributed by atoms with Crippen molar-refractivity contribution in [3.05, 3.63) is 0 Å². The van der Waals surface area contributed by atoms with Crippen molar-refractivity contribution in [2.75, 3.05) is 26.2 Å². The number of nitrogens with zero attached hydrogens (tertiary/aromatic N) is 2. The number of hydrogen-bond acceptors (Lipinski definition) is 1. The number of carbonyl (C=O) groups is 1. The summed E-state index contributed by atoms with van der Waals surface area (Å²) in [7, 11) is 0. The Labute approximate surface area is 113 Å². The highest BCUT2D eigenvalue weighted by Crippen LogP contribution is 2.17. The Bertz CT molecular complexity index is 227. The summed E-state index contributed by atoms with van der Waals surface area (Å²) in [6.45, 7) is 10.4. The lowest BCUT2D eigenvalue weighted by molar-refractivity contribution is 0.133. The molecule has 0 spiro atoms. The van der Waals surface area contributed by atoms with Gasteiger partial charge < -0.3 is 9.80 Å². The van der Waals surface area contributed by atoms with E-state index in [4.69, 9.17) is 0 Å². The van der Waals surface area contributed by atoms with Crippen molar-refractivity contribution in [1.29, 1.82) is 0 Å². The normalized spacial score (nSPS) is 16.9. The van der Waals surface area contributed by atoms with E-state index in [9.17, 15) is 4.79 Å². The van der Waals surface area contributed by atoms with Gasteiger partial charge in [-0.15, -0.1) is 0 Å². The van der Waals surface area contributed by atoms with E-state index < -0.39 is 0 Å². The van der Waals surface area contributed by atoms with E-state index in [0.29, 0.717) is 0 Å². The predicted octanol–water partition coefficient (Wildman–Crippen LogP) is 3.74. The van der Waals surface area contributed by atoms with Gasteiger partial charge in [-0.2, -0.15) is 0 Å². The van der Waals surface area contributed by atoms with Crippen LogP contribution in [-0.2, 0) is 0 Å². The molecule has 3 nitrogen and oxygen atoms in total. The van der Waals surface area contributed by atoms with Gasteiger partial charge in [-0.25, -0.2) is 4.79 Å². The van der Waals surface area contributed by atoms with E-state index >= 15 is 0 Å². The fourth-order valence-electron chi connectivity index (χ4n) is 2.40. The highest BCUT2D eigenvalue weighted by atomic mass is 16.2. The van der Waals surface area contributed by atoms with Gasteiger partial charge >= 0.3 is 6.03 Å². The fourth-order valence-corrected chi connectivity index (χ4v) is 2.40. The maximum absolute atomic E-state index is 12.5. The van der Waals surface area contributed by atoms with Crippen LogP contribution in [0.2, 0.25) is 0 Å². The zero-order valence-electron chi connectivity index (χ0n) is 12.5. The summed E-state index contributed by atoms with van der Waals surface area (Å²) < 4.78 is 0. The van der Waals surface area contributed by atoms with E-state index in [2.05, 4.69) is 30.6 Å². The second-order valence-corrected chi connectivity index (χ2v) is 5.65. The van der Waals surface area contributed by atoms with E-state index in [0.717, 1.165) is 57.8 Å². The van der Waals surface area contributed by atoms with Crippen LogP contribution < -0.4 is 0 Å². The lowest BCUT2D eigenvalue weighted by Crippen LogP contribution is -2.47. The molecule has 0 aromatic heterocycles. The number of unbranched alkanes of at least 4 members (excludes halogenated alkanes) is 2. The third-order valence-corrected chi connectivity index (χ3v) is 3.89. The minimum absolute atomic E-state index is 0.281. The molecule has 0 aromatic carbocycles. The van der Waals surface area contributed by atoms with Crippen LogP contribution in [0.25, 0.3) is 0 Å². The molecule has 1 aliphatic rings. The van der Waals surface area contributed by atoms with Crippen molar-refractivity contribution in [2.45, 2.75) is 59.3 Å². The summed E-state index contributed by atoms with van der Waals surface area (Å²) in [5.74, 6) is 0.786. The van der Waals surface area contributed by atoms with Gasteiger partial charge in [-0.3, -0.25) is 0 Å². The van der Waals surface area contributed by atoms with E-state index in [-0.39, 0.29) is 6.03 Å². The molecule has 0 saturated carbocycles. The highest BCUT2D eigenvalue weighted by Gasteiger charge is 2.23. The summed E-state index contributed by atoms with van der Waals surface area (Å²) in [6, 6.07) is 0.281. The van der Waals surface area contributed by atoms with Crippen LogP contribution in [0.4, 0.5) is 4.79 Å². The Morgan fingerprint density at radius 2 is 1.61 bits per heavy atom. The molecule has 3 heteroatoms. The molecule has 0 N–H and O–H groups in total. The molecule has 1 rings (SSSR count). The van der Waals surface area contributed by atoms with Gasteiger partial charge in [0.2, 0.25) is 0 Å². The van der Waals surface area contributed by atoms with Gasteiger partial charge in [0.25, 0.3) is 0 Å². The van der Waals surface area contributed by atoms with Crippen LogP contribution in [0.15, 0.2) is 0 Å². The summed E-state index contributed by atoms with van der Waals surface area (Å²) in [5, 5.41) is 0. The van der Waals surface area contributed by atoms with Gasteiger partial charge in [0.15, 0.2) is 0 Å². The monoisotopic (exact) mass is 254 g/mol. The van der Waals surface area contributed by atoms with Crippen LogP contribution in [0.5, 0.6) is 0 Å². The first kappa shape index (κ1) is 15.3. The molecular weight excluding hydrogens is 224 g/mol. The van der Waals surface area contributed by atoms with Gasteiger partial charge in [0.05, 0.1) is 0 Å². The Kier molecular flexibility index (Phi) is 7.14. The van der Waals surface area contributed by atoms with Gasteiger partial charge in [-0.1, -0.05) is 33.6 Å². The minimum Gasteiger partial charge on any atom is -0.325 e. The van der Waals surface area contributed by atoms with Crippen LogP contribution in [0.1, 0.15) is 59.3 Å². The number of piperidine rings is 1. The van der Waals surface area contributed by atoms with Gasteiger partial charge in [0, 0.05) is 26.2 Å². The zero-order valence-corrected chi connectivity index (χ0v) is 12.5. The van der Waals surface area contributed by atoms with Crippen LogP contribution in [-0.4, -0.2) is 42.0 Å². The Balaban J connectivity index is 2.46. The Hall–Kier alpha value is -0.730. The van der Waals surface area contributed by atoms with Crippen LogP contribution in [0.3, 0.4) is 0 Å². The number of likely N-dealkylation sites (tertiary alicyclic amines) is 1. The first-order chi connectivity index (χ1) is 8.69. The van der Waals surface area contributed by atoms with Crippen molar-refractivity contribution in [3.8, 4) is 0 Å². The third-order valence-electron chi connectivity index (χ3n) is 3.89. The van der Waals surface area contributed by atoms with Crippen molar-refractivity contribution >= 4 is 6.03 Å². The molecular formula is C15H30N2O. The number of urea groups is 1. The molecule has 0 aromatic rings. The highest BCUT2D eigenvalue weighted by molar-refractivity contribution is 5.74. The number of amides is 2. The summed E-state index contributed by atoms with van der Waals surface area (Å²) >= 11 is 0. The SMILES string of the molecule is CCCCN(CCCC)C(=O)N1CCC(C)CC1. The minimum atomic E-state index is 0.281. The van der Waals surface area contributed by atoms with Crippen LogP contribution in [0, 0.1) is 5.92 Å². The summed E-state index contributed by atoms with van der Waals surface area (Å²) in [6.07, 6.45) is 6.90. The van der Waals surface area contributed by atoms with E-state index in [1.807, 2.05) is 0 Å². The summed E-state index contributed by atoms with van der Waals surface area (Å²) in [4.78, 5) is 16.6. The molecule has 106 valence electrons. The molecule has 0 aliphatic carbocycles. The van der Waals surface area contributed by atoms with Crippen molar-refractivity contribution in [2.24, 2.45) is 5.92 Å². The Morgan fingerprint density at radius 3 is 2.06 bits per heavy atom. The standard InChI is InChI=1S/C15H30N2O/c1-4-6-10-16(11-7-5-2)15(18)17-12-8-14(3)9-13-17/h14H,4-13H2,1-3H3. The maximum Gasteiger partial charge on any atom is 0.319 e. The average Bonchev–Trinajstić information content (AvgIpc) is 2.39. The fraction of sp³-hybridized carbons (Fsp3) is 0.933. The summed E-state index contributed by atoms with van der Waals surface area (Å²) in [5.41, 5.74) is 0. The molecule has 1 saturated heterocycles. The molecule has 0 bridgehead atoms. The number of rotatable bonds is 6. The molecule has 1 aliphatic heterocycles. The first-order valence-electron chi connectivity index (χ1n) is 7.72. The second-order valence-electron chi connectivity index (χ2n) is 5.65. The number of carbonyl (C=O) groups excluding carboxylic acids is 1. The molecule has 0 unspecified atom stereocenters. The topological polar surface area (TPSA) is 23.6 Å². The quantitative estimate of drug-likeness (QED) is 0.708. The second kappa shape index (κ2) is 8.39. The molecule has 1 fully saturated rings. The lowest BCUT2D eigenvalue weighted by Gasteiger charge is -2.35. The molecule has 18 heavy (non-hydrogen) atoms. The van der Waals surface area contributed by atoms with Crippen LogP contribution >= 0.6 is 0 Å². The molecule has 1 heterocycles.